The van der Waals surface area contributed by atoms with E-state index in [0.717, 1.165) is 44.8 Å². The molecule has 1 amide bonds. The predicted octanol–water partition coefficient (Wildman–Crippen LogP) is 5.41. The van der Waals surface area contributed by atoms with Crippen LogP contribution in [0.15, 0.2) is 35.7 Å². The van der Waals surface area contributed by atoms with Crippen LogP contribution in [-0.4, -0.2) is 55.5 Å². The van der Waals surface area contributed by atoms with Crippen molar-refractivity contribution < 1.29 is 9.53 Å². The molecule has 3 heterocycles. The Morgan fingerprint density at radius 2 is 1.91 bits per heavy atom. The molecule has 3 aromatic rings. The molecule has 0 aliphatic carbocycles. The van der Waals surface area contributed by atoms with Crippen molar-refractivity contribution in [2.45, 2.75) is 46.0 Å². The standard InChI is InChI=1S/C29H36N2O2S/c1-20-13-23-9-12-31(29(32)15-25(23)14-21(20)2)18-22-5-4-10-30(17-22)11-8-24-19-34-28-7-6-26(33-3)16-27(24)28/h6-7,13-14,16,19,22H,4-5,8-12,15,17-18H2,1-3H3. The van der Waals surface area contributed by atoms with Crippen LogP contribution < -0.4 is 4.74 Å². The molecule has 0 N–H and O–H groups in total. The molecule has 5 heteroatoms. The number of piperidine rings is 1. The first kappa shape index (κ1) is 23.4. The van der Waals surface area contributed by atoms with Crippen LogP contribution in [0.1, 0.15) is 40.7 Å². The summed E-state index contributed by atoms with van der Waals surface area (Å²) in [6, 6.07) is 10.9. The van der Waals surface area contributed by atoms with Gasteiger partial charge in [-0.1, -0.05) is 12.1 Å². The normalized spacial score (nSPS) is 19.3. The zero-order chi connectivity index (χ0) is 23.7. The van der Waals surface area contributed by atoms with Crippen LogP contribution >= 0.6 is 11.3 Å². The van der Waals surface area contributed by atoms with Crippen molar-refractivity contribution in [2.24, 2.45) is 5.92 Å². The number of rotatable bonds is 6. The molecule has 2 aromatic carbocycles. The van der Waals surface area contributed by atoms with Crippen LogP contribution in [0.4, 0.5) is 0 Å². The van der Waals surface area contributed by atoms with Crippen LogP contribution in [0.25, 0.3) is 10.1 Å². The quantitative estimate of drug-likeness (QED) is 0.477. The van der Waals surface area contributed by atoms with Crippen LogP contribution in [0.3, 0.4) is 0 Å². The lowest BCUT2D eigenvalue weighted by atomic mass is 9.96. The van der Waals surface area contributed by atoms with E-state index in [1.54, 1.807) is 7.11 Å². The van der Waals surface area contributed by atoms with Crippen molar-refractivity contribution >= 4 is 27.3 Å². The fourth-order valence-corrected chi connectivity index (χ4v) is 6.63. The minimum atomic E-state index is 0.304. The first-order valence-corrected chi connectivity index (χ1v) is 13.5. The molecule has 0 radical (unpaired) electrons. The van der Waals surface area contributed by atoms with Gasteiger partial charge in [0.15, 0.2) is 0 Å². The molecular weight excluding hydrogens is 440 g/mol. The summed E-state index contributed by atoms with van der Waals surface area (Å²) in [5.41, 5.74) is 6.65. The Labute approximate surface area is 207 Å². The number of hydrogen-bond acceptors (Lipinski definition) is 4. The summed E-state index contributed by atoms with van der Waals surface area (Å²) in [4.78, 5) is 17.9. The monoisotopic (exact) mass is 476 g/mol. The molecule has 1 unspecified atom stereocenters. The molecule has 1 fully saturated rings. The van der Waals surface area contributed by atoms with Gasteiger partial charge in [0.25, 0.3) is 0 Å². The van der Waals surface area contributed by atoms with Crippen molar-refractivity contribution in [3.05, 3.63) is 63.5 Å². The molecule has 1 aromatic heterocycles. The van der Waals surface area contributed by atoms with E-state index >= 15 is 0 Å². The van der Waals surface area contributed by atoms with Crippen LogP contribution in [-0.2, 0) is 24.1 Å². The molecular formula is C29H36N2O2S. The third kappa shape index (κ3) is 5.01. The van der Waals surface area contributed by atoms with Gasteiger partial charge in [-0.25, -0.2) is 0 Å². The summed E-state index contributed by atoms with van der Waals surface area (Å²) >= 11 is 1.82. The third-order valence-electron chi connectivity index (χ3n) is 7.80. The van der Waals surface area contributed by atoms with E-state index in [1.807, 2.05) is 17.4 Å². The highest BCUT2D eigenvalue weighted by Gasteiger charge is 2.27. The van der Waals surface area contributed by atoms with E-state index in [9.17, 15) is 4.79 Å². The van der Waals surface area contributed by atoms with E-state index < -0.39 is 0 Å². The highest BCUT2D eigenvalue weighted by molar-refractivity contribution is 7.17. The molecule has 5 rings (SSSR count). The van der Waals surface area contributed by atoms with Crippen molar-refractivity contribution in [1.29, 1.82) is 0 Å². The first-order chi connectivity index (χ1) is 16.5. The number of carbonyl (C=O) groups excluding carboxylic acids is 1. The number of nitrogens with zero attached hydrogens (tertiary/aromatic N) is 2. The van der Waals surface area contributed by atoms with Gasteiger partial charge in [0.05, 0.1) is 13.5 Å². The lowest BCUT2D eigenvalue weighted by molar-refractivity contribution is -0.131. The van der Waals surface area contributed by atoms with Crippen molar-refractivity contribution in [2.75, 3.05) is 39.8 Å². The highest BCUT2D eigenvalue weighted by atomic mass is 32.1. The van der Waals surface area contributed by atoms with E-state index in [4.69, 9.17) is 4.74 Å². The second-order valence-electron chi connectivity index (χ2n) is 10.2. The largest absolute Gasteiger partial charge is 0.497 e. The topological polar surface area (TPSA) is 32.8 Å². The van der Waals surface area contributed by atoms with Gasteiger partial charge < -0.3 is 14.5 Å². The van der Waals surface area contributed by atoms with Gasteiger partial charge in [-0.15, -0.1) is 11.3 Å². The number of likely N-dealkylation sites (tertiary alicyclic amines) is 1. The third-order valence-corrected chi connectivity index (χ3v) is 8.81. The molecule has 2 aliphatic rings. The Morgan fingerprint density at radius 1 is 1.09 bits per heavy atom. The van der Waals surface area contributed by atoms with Gasteiger partial charge in [0.2, 0.25) is 5.91 Å². The molecule has 4 nitrogen and oxygen atoms in total. The molecule has 0 spiro atoms. The number of hydrogen-bond donors (Lipinski definition) is 0. The minimum Gasteiger partial charge on any atom is -0.497 e. The van der Waals surface area contributed by atoms with Crippen LogP contribution in [0, 0.1) is 19.8 Å². The number of aryl methyl sites for hydroxylation is 2. The summed E-state index contributed by atoms with van der Waals surface area (Å²) in [5.74, 6) is 1.80. The van der Waals surface area contributed by atoms with E-state index in [2.05, 4.69) is 53.3 Å². The first-order valence-electron chi connectivity index (χ1n) is 12.6. The molecule has 2 aliphatic heterocycles. The summed E-state index contributed by atoms with van der Waals surface area (Å²) in [7, 11) is 1.73. The van der Waals surface area contributed by atoms with Gasteiger partial charge in [-0.3, -0.25) is 4.79 Å². The minimum absolute atomic E-state index is 0.304. The van der Waals surface area contributed by atoms with Gasteiger partial charge in [0, 0.05) is 30.9 Å². The Morgan fingerprint density at radius 3 is 2.74 bits per heavy atom. The van der Waals surface area contributed by atoms with Crippen molar-refractivity contribution in [3.8, 4) is 5.75 Å². The second-order valence-corrected chi connectivity index (χ2v) is 11.1. The predicted molar refractivity (Wildman–Crippen MR) is 141 cm³/mol. The lowest BCUT2D eigenvalue weighted by Gasteiger charge is -2.35. The van der Waals surface area contributed by atoms with E-state index in [1.165, 1.54) is 57.3 Å². The smallest absolute Gasteiger partial charge is 0.227 e. The Bertz CT molecular complexity index is 1180. The fourth-order valence-electron chi connectivity index (χ4n) is 5.66. The van der Waals surface area contributed by atoms with Gasteiger partial charge in [-0.2, -0.15) is 0 Å². The highest BCUT2D eigenvalue weighted by Crippen LogP contribution is 2.30. The SMILES string of the molecule is COc1ccc2scc(CCN3CCCC(CN4CCc5cc(C)c(C)cc5CC4=O)C3)c2c1. The molecule has 34 heavy (non-hydrogen) atoms. The Balaban J connectivity index is 1.18. The number of thiophene rings is 1. The van der Waals surface area contributed by atoms with E-state index in [0.29, 0.717) is 18.2 Å². The van der Waals surface area contributed by atoms with Crippen LogP contribution in [0.5, 0.6) is 5.75 Å². The Kier molecular flexibility index (Phi) is 6.94. The second kappa shape index (κ2) is 10.1. The van der Waals surface area contributed by atoms with E-state index in [-0.39, 0.29) is 0 Å². The zero-order valence-corrected chi connectivity index (χ0v) is 21.5. The zero-order valence-electron chi connectivity index (χ0n) is 20.7. The maximum Gasteiger partial charge on any atom is 0.227 e. The Hall–Kier alpha value is -2.37. The average molecular weight is 477 g/mol. The summed E-state index contributed by atoms with van der Waals surface area (Å²) in [6.45, 7) is 9.42. The molecule has 180 valence electrons. The summed E-state index contributed by atoms with van der Waals surface area (Å²) < 4.78 is 6.77. The molecule has 1 saturated heterocycles. The van der Waals surface area contributed by atoms with Crippen molar-refractivity contribution in [1.82, 2.24) is 9.80 Å². The summed E-state index contributed by atoms with van der Waals surface area (Å²) in [5, 5.41) is 3.64. The number of amides is 1. The number of carbonyl (C=O) groups is 1. The maximum absolute atomic E-state index is 13.1. The molecule has 0 bridgehead atoms. The van der Waals surface area contributed by atoms with Gasteiger partial charge in [-0.05, 0) is 109 Å². The fraction of sp³-hybridized carbons (Fsp3) is 0.483. The lowest BCUT2D eigenvalue weighted by Crippen LogP contribution is -2.43. The van der Waals surface area contributed by atoms with Crippen molar-refractivity contribution in [3.63, 3.8) is 0 Å². The number of ether oxygens (including phenoxy) is 1. The van der Waals surface area contributed by atoms with Gasteiger partial charge in [0.1, 0.15) is 5.75 Å². The number of benzene rings is 2. The maximum atomic E-state index is 13.1. The van der Waals surface area contributed by atoms with Gasteiger partial charge >= 0.3 is 0 Å². The molecule has 1 atom stereocenters. The summed E-state index contributed by atoms with van der Waals surface area (Å²) in [6.07, 6.45) is 5.05. The number of methoxy groups -OCH3 is 1. The van der Waals surface area contributed by atoms with Crippen LogP contribution in [0.2, 0.25) is 0 Å². The number of fused-ring (bicyclic) bond motifs is 2. The average Bonchev–Trinajstić information content (AvgIpc) is 3.18. The molecule has 0 saturated carbocycles.